The molecule has 0 spiro atoms. The molecule has 5 heteroatoms. The minimum Gasteiger partial charge on any atom is -0.356 e. The van der Waals surface area contributed by atoms with E-state index in [1.54, 1.807) is 12.1 Å². The van der Waals surface area contributed by atoms with Crippen LogP contribution >= 0.6 is 0 Å². The first kappa shape index (κ1) is 18.4. The summed E-state index contributed by atoms with van der Waals surface area (Å²) >= 11 is 0. The van der Waals surface area contributed by atoms with E-state index in [-0.39, 0.29) is 23.6 Å². The number of amides is 1. The van der Waals surface area contributed by atoms with Crippen molar-refractivity contribution in [1.82, 2.24) is 15.1 Å². The Labute approximate surface area is 164 Å². The summed E-state index contributed by atoms with van der Waals surface area (Å²) in [6, 6.07) is 16.5. The first-order valence-electron chi connectivity index (χ1n) is 9.75. The molecular weight excluding hydrogens is 353 g/mol. The van der Waals surface area contributed by atoms with Crippen molar-refractivity contribution in [3.63, 3.8) is 0 Å². The number of nitrogens with one attached hydrogen (secondary N) is 1. The summed E-state index contributed by atoms with van der Waals surface area (Å²) in [7, 11) is 0. The average molecular weight is 377 g/mol. The normalized spacial score (nSPS) is 18.1. The van der Waals surface area contributed by atoms with Gasteiger partial charge < -0.3 is 5.32 Å². The van der Waals surface area contributed by atoms with E-state index in [9.17, 15) is 9.18 Å². The number of benzene rings is 2. The van der Waals surface area contributed by atoms with Crippen molar-refractivity contribution in [2.45, 2.75) is 32.1 Å². The van der Waals surface area contributed by atoms with E-state index in [4.69, 9.17) is 0 Å². The molecule has 144 valence electrons. The molecular formula is C23H24FN3O. The first-order valence-corrected chi connectivity index (χ1v) is 9.75. The van der Waals surface area contributed by atoms with Gasteiger partial charge >= 0.3 is 0 Å². The van der Waals surface area contributed by atoms with Crippen LogP contribution in [0.5, 0.6) is 0 Å². The first-order chi connectivity index (χ1) is 13.6. The highest BCUT2D eigenvalue weighted by molar-refractivity contribution is 5.82. The van der Waals surface area contributed by atoms with Gasteiger partial charge in [0.1, 0.15) is 5.82 Å². The van der Waals surface area contributed by atoms with Gasteiger partial charge in [-0.25, -0.2) is 9.07 Å². The molecule has 28 heavy (non-hydrogen) atoms. The second kappa shape index (κ2) is 7.97. The van der Waals surface area contributed by atoms with Crippen LogP contribution in [-0.4, -0.2) is 22.2 Å². The van der Waals surface area contributed by atoms with Crippen LogP contribution < -0.4 is 5.32 Å². The molecule has 2 aromatic carbocycles. The summed E-state index contributed by atoms with van der Waals surface area (Å²) in [6.45, 7) is 2.67. The van der Waals surface area contributed by atoms with Gasteiger partial charge in [0, 0.05) is 18.7 Å². The van der Waals surface area contributed by atoms with Crippen LogP contribution in [-0.2, 0) is 11.2 Å². The summed E-state index contributed by atoms with van der Waals surface area (Å²) in [6.07, 6.45) is 4.67. The SMILES string of the molecule is Cc1nn(-c2ccccc2)cc1CCCNC(=O)C1CC1c1ccc(F)cc1. The molecule has 4 nitrogen and oxygen atoms in total. The molecule has 0 aliphatic heterocycles. The fourth-order valence-corrected chi connectivity index (χ4v) is 3.64. The number of para-hydroxylation sites is 1. The molecule has 1 N–H and O–H groups in total. The van der Waals surface area contributed by atoms with Crippen molar-refractivity contribution in [2.75, 3.05) is 6.54 Å². The molecule has 0 saturated heterocycles. The smallest absolute Gasteiger partial charge is 0.223 e. The Hall–Kier alpha value is -2.95. The van der Waals surface area contributed by atoms with Crippen molar-refractivity contribution in [2.24, 2.45) is 5.92 Å². The van der Waals surface area contributed by atoms with Gasteiger partial charge in [0.25, 0.3) is 0 Å². The van der Waals surface area contributed by atoms with Crippen molar-refractivity contribution >= 4 is 5.91 Å². The van der Waals surface area contributed by atoms with Crippen LogP contribution in [0.2, 0.25) is 0 Å². The Morgan fingerprint density at radius 3 is 2.68 bits per heavy atom. The number of hydrogen-bond acceptors (Lipinski definition) is 2. The molecule has 1 aromatic heterocycles. The Kier molecular flexibility index (Phi) is 5.24. The standard InChI is InChI=1S/C23H24FN3O/c1-16-18(15-27(26-16)20-7-3-2-4-8-20)6-5-13-25-23(28)22-14-21(22)17-9-11-19(24)12-10-17/h2-4,7-12,15,21-22H,5-6,13-14H2,1H3,(H,25,28). The Balaban J connectivity index is 1.24. The number of aromatic nitrogens is 2. The van der Waals surface area contributed by atoms with Crippen LogP contribution in [0.3, 0.4) is 0 Å². The zero-order valence-electron chi connectivity index (χ0n) is 15.9. The third-order valence-corrected chi connectivity index (χ3v) is 5.37. The number of hydrogen-bond donors (Lipinski definition) is 1. The monoisotopic (exact) mass is 377 g/mol. The molecule has 2 unspecified atom stereocenters. The van der Waals surface area contributed by atoms with Gasteiger partial charge in [-0.3, -0.25) is 4.79 Å². The number of carbonyl (C=O) groups excluding carboxylic acids is 1. The van der Waals surface area contributed by atoms with Crippen molar-refractivity contribution in [1.29, 1.82) is 0 Å². The summed E-state index contributed by atoms with van der Waals surface area (Å²) in [5, 5.41) is 7.63. The fourth-order valence-electron chi connectivity index (χ4n) is 3.64. The number of halogens is 1. The summed E-state index contributed by atoms with van der Waals surface area (Å²) < 4.78 is 14.9. The third kappa shape index (κ3) is 4.14. The van der Waals surface area contributed by atoms with Gasteiger partial charge in [0.2, 0.25) is 5.91 Å². The lowest BCUT2D eigenvalue weighted by Crippen LogP contribution is -2.26. The molecule has 1 heterocycles. The van der Waals surface area contributed by atoms with E-state index in [1.807, 2.05) is 41.9 Å². The lowest BCUT2D eigenvalue weighted by molar-refractivity contribution is -0.122. The lowest BCUT2D eigenvalue weighted by atomic mass is 10.1. The topological polar surface area (TPSA) is 46.9 Å². The summed E-state index contributed by atoms with van der Waals surface area (Å²) in [5.74, 6) is 0.113. The molecule has 1 aliphatic rings. The summed E-state index contributed by atoms with van der Waals surface area (Å²) in [5.41, 5.74) is 4.32. The number of nitrogens with zero attached hydrogens (tertiary/aromatic N) is 2. The zero-order valence-corrected chi connectivity index (χ0v) is 15.9. The lowest BCUT2D eigenvalue weighted by Gasteiger charge is -2.05. The van der Waals surface area contributed by atoms with E-state index in [2.05, 4.69) is 16.6 Å². The maximum absolute atomic E-state index is 13.0. The van der Waals surface area contributed by atoms with Crippen LogP contribution in [0.25, 0.3) is 5.69 Å². The predicted octanol–water partition coefficient (Wildman–Crippen LogP) is 4.17. The number of aryl methyl sites for hydroxylation is 2. The Morgan fingerprint density at radius 1 is 1.18 bits per heavy atom. The highest BCUT2D eigenvalue weighted by Gasteiger charge is 2.43. The predicted molar refractivity (Wildman–Crippen MR) is 107 cm³/mol. The third-order valence-electron chi connectivity index (χ3n) is 5.37. The van der Waals surface area contributed by atoms with Crippen LogP contribution in [0, 0.1) is 18.7 Å². The van der Waals surface area contributed by atoms with E-state index < -0.39 is 0 Å². The van der Waals surface area contributed by atoms with Crippen LogP contribution in [0.4, 0.5) is 4.39 Å². The van der Waals surface area contributed by atoms with Gasteiger partial charge in [-0.05, 0) is 67.5 Å². The maximum atomic E-state index is 13.0. The van der Waals surface area contributed by atoms with Crippen LogP contribution in [0.1, 0.15) is 35.6 Å². The van der Waals surface area contributed by atoms with Crippen molar-refractivity contribution in [3.8, 4) is 5.69 Å². The molecule has 0 bridgehead atoms. The highest BCUT2D eigenvalue weighted by Crippen LogP contribution is 2.47. The Morgan fingerprint density at radius 2 is 1.93 bits per heavy atom. The molecule has 1 saturated carbocycles. The number of carbonyl (C=O) groups is 1. The number of rotatable bonds is 7. The Bertz CT molecular complexity index is 950. The van der Waals surface area contributed by atoms with Gasteiger partial charge in [0.05, 0.1) is 11.4 Å². The van der Waals surface area contributed by atoms with Gasteiger partial charge in [-0.1, -0.05) is 30.3 Å². The molecule has 1 amide bonds. The molecule has 0 radical (unpaired) electrons. The van der Waals surface area contributed by atoms with E-state index in [0.717, 1.165) is 36.2 Å². The molecule has 1 aliphatic carbocycles. The quantitative estimate of drug-likeness (QED) is 0.628. The zero-order chi connectivity index (χ0) is 19.5. The largest absolute Gasteiger partial charge is 0.356 e. The minimum absolute atomic E-state index is 0.0213. The second-order valence-electron chi connectivity index (χ2n) is 7.41. The van der Waals surface area contributed by atoms with E-state index in [1.165, 1.54) is 17.7 Å². The average Bonchev–Trinajstić information content (AvgIpc) is 3.43. The van der Waals surface area contributed by atoms with Crippen LogP contribution in [0.15, 0.2) is 60.8 Å². The molecule has 2 atom stereocenters. The van der Waals surface area contributed by atoms with Gasteiger partial charge in [-0.2, -0.15) is 5.10 Å². The molecule has 3 aromatic rings. The van der Waals surface area contributed by atoms with E-state index >= 15 is 0 Å². The molecule has 1 fully saturated rings. The minimum atomic E-state index is -0.240. The fraction of sp³-hybridized carbons (Fsp3) is 0.304. The molecule has 4 rings (SSSR count). The van der Waals surface area contributed by atoms with Gasteiger partial charge in [0.15, 0.2) is 0 Å². The van der Waals surface area contributed by atoms with Gasteiger partial charge in [-0.15, -0.1) is 0 Å². The maximum Gasteiger partial charge on any atom is 0.223 e. The van der Waals surface area contributed by atoms with Crippen molar-refractivity contribution < 1.29 is 9.18 Å². The van der Waals surface area contributed by atoms with Crippen molar-refractivity contribution in [3.05, 3.63) is 83.4 Å². The van der Waals surface area contributed by atoms with E-state index in [0.29, 0.717) is 6.54 Å². The highest BCUT2D eigenvalue weighted by atomic mass is 19.1. The summed E-state index contributed by atoms with van der Waals surface area (Å²) in [4.78, 5) is 12.3. The second-order valence-corrected chi connectivity index (χ2v) is 7.41.